The van der Waals surface area contributed by atoms with Gasteiger partial charge in [-0.2, -0.15) is 0 Å². The van der Waals surface area contributed by atoms with Crippen LogP contribution in [0.1, 0.15) is 18.1 Å². The highest BCUT2D eigenvalue weighted by Gasteiger charge is 1.97. The predicted octanol–water partition coefficient (Wildman–Crippen LogP) is 4.01. The van der Waals surface area contributed by atoms with Crippen LogP contribution in [0.4, 0.5) is 5.69 Å². The molecule has 0 saturated heterocycles. The fourth-order valence-corrected chi connectivity index (χ4v) is 1.84. The Morgan fingerprint density at radius 3 is 2.50 bits per heavy atom. The molecule has 0 aromatic heterocycles. The second kappa shape index (κ2) is 6.10. The summed E-state index contributed by atoms with van der Waals surface area (Å²) in [5, 5.41) is 3.26. The van der Waals surface area contributed by atoms with Gasteiger partial charge in [-0.15, -0.1) is 0 Å². The molecule has 94 valence electrons. The summed E-state index contributed by atoms with van der Waals surface area (Å²) in [4.78, 5) is 0. The van der Waals surface area contributed by atoms with Gasteiger partial charge in [0.1, 0.15) is 12.4 Å². The van der Waals surface area contributed by atoms with Gasteiger partial charge in [-0.3, -0.25) is 0 Å². The SMILES string of the molecule is CCNc1ccc(OCc2cccc(C)c2)cc1. The number of benzene rings is 2. The van der Waals surface area contributed by atoms with Crippen molar-refractivity contribution >= 4 is 5.69 Å². The number of hydrogen-bond donors (Lipinski definition) is 1. The normalized spacial score (nSPS) is 10.1. The molecule has 2 nitrogen and oxygen atoms in total. The molecular weight excluding hydrogens is 222 g/mol. The Labute approximate surface area is 109 Å². The molecule has 2 heteroatoms. The third-order valence-electron chi connectivity index (χ3n) is 2.72. The zero-order valence-electron chi connectivity index (χ0n) is 10.9. The zero-order chi connectivity index (χ0) is 12.8. The van der Waals surface area contributed by atoms with Crippen LogP contribution in [0, 0.1) is 6.92 Å². The van der Waals surface area contributed by atoms with Crippen molar-refractivity contribution in [3.05, 3.63) is 59.7 Å². The Hall–Kier alpha value is -1.96. The number of aryl methyl sites for hydroxylation is 1. The van der Waals surface area contributed by atoms with Gasteiger partial charge in [0.15, 0.2) is 0 Å². The molecule has 0 amide bonds. The van der Waals surface area contributed by atoms with Crippen molar-refractivity contribution < 1.29 is 4.74 Å². The van der Waals surface area contributed by atoms with E-state index in [1.165, 1.54) is 11.1 Å². The van der Waals surface area contributed by atoms with E-state index >= 15 is 0 Å². The van der Waals surface area contributed by atoms with Gasteiger partial charge in [0.05, 0.1) is 0 Å². The van der Waals surface area contributed by atoms with E-state index in [0.29, 0.717) is 6.61 Å². The molecule has 0 aliphatic rings. The standard InChI is InChI=1S/C16H19NO/c1-3-17-15-7-9-16(10-8-15)18-12-14-6-4-5-13(2)11-14/h4-11,17H,3,12H2,1-2H3. The van der Waals surface area contributed by atoms with E-state index in [-0.39, 0.29) is 0 Å². The number of nitrogens with one attached hydrogen (secondary N) is 1. The lowest BCUT2D eigenvalue weighted by atomic mass is 10.1. The molecule has 0 radical (unpaired) electrons. The molecule has 0 aliphatic heterocycles. The van der Waals surface area contributed by atoms with Crippen LogP contribution in [0.15, 0.2) is 48.5 Å². The lowest BCUT2D eigenvalue weighted by Crippen LogP contribution is -1.97. The van der Waals surface area contributed by atoms with Crippen LogP contribution in [0.3, 0.4) is 0 Å². The second-order valence-corrected chi connectivity index (χ2v) is 4.33. The third kappa shape index (κ3) is 3.52. The van der Waals surface area contributed by atoms with Crippen LogP contribution in [0.5, 0.6) is 5.75 Å². The molecule has 2 aromatic rings. The van der Waals surface area contributed by atoms with Crippen LogP contribution < -0.4 is 10.1 Å². The molecule has 2 aromatic carbocycles. The maximum absolute atomic E-state index is 5.75. The Balaban J connectivity index is 1.93. The number of ether oxygens (including phenoxy) is 1. The van der Waals surface area contributed by atoms with Gasteiger partial charge in [0, 0.05) is 12.2 Å². The Kier molecular flexibility index (Phi) is 4.24. The van der Waals surface area contributed by atoms with Crippen molar-refractivity contribution in [2.75, 3.05) is 11.9 Å². The molecule has 2 rings (SSSR count). The Bertz CT molecular complexity index is 491. The van der Waals surface area contributed by atoms with Crippen LogP contribution in [-0.2, 0) is 6.61 Å². The summed E-state index contributed by atoms with van der Waals surface area (Å²) < 4.78 is 5.75. The molecule has 0 bridgehead atoms. The van der Waals surface area contributed by atoms with E-state index in [1.807, 2.05) is 24.3 Å². The number of anilines is 1. The summed E-state index contributed by atoms with van der Waals surface area (Å²) >= 11 is 0. The molecule has 0 unspecified atom stereocenters. The monoisotopic (exact) mass is 241 g/mol. The fraction of sp³-hybridized carbons (Fsp3) is 0.250. The summed E-state index contributed by atoms with van der Waals surface area (Å²) in [6.45, 7) is 5.72. The molecule has 0 spiro atoms. The van der Waals surface area contributed by atoms with E-state index in [9.17, 15) is 0 Å². The van der Waals surface area contributed by atoms with Gasteiger partial charge in [-0.25, -0.2) is 0 Å². The lowest BCUT2D eigenvalue weighted by Gasteiger charge is -2.08. The van der Waals surface area contributed by atoms with Crippen LogP contribution in [-0.4, -0.2) is 6.54 Å². The van der Waals surface area contributed by atoms with Crippen LogP contribution >= 0.6 is 0 Å². The smallest absolute Gasteiger partial charge is 0.119 e. The third-order valence-corrected chi connectivity index (χ3v) is 2.72. The largest absolute Gasteiger partial charge is 0.489 e. The summed E-state index contributed by atoms with van der Waals surface area (Å²) in [7, 11) is 0. The molecule has 18 heavy (non-hydrogen) atoms. The van der Waals surface area contributed by atoms with Crippen LogP contribution in [0.2, 0.25) is 0 Å². The minimum Gasteiger partial charge on any atom is -0.489 e. The zero-order valence-corrected chi connectivity index (χ0v) is 10.9. The summed E-state index contributed by atoms with van der Waals surface area (Å²) in [6.07, 6.45) is 0. The van der Waals surface area contributed by atoms with Gasteiger partial charge in [-0.05, 0) is 43.7 Å². The molecule has 1 N–H and O–H groups in total. The highest BCUT2D eigenvalue weighted by atomic mass is 16.5. The summed E-state index contributed by atoms with van der Waals surface area (Å²) in [5.41, 5.74) is 3.59. The maximum Gasteiger partial charge on any atom is 0.119 e. The van der Waals surface area contributed by atoms with Gasteiger partial charge < -0.3 is 10.1 Å². The average molecular weight is 241 g/mol. The Morgan fingerprint density at radius 1 is 1.06 bits per heavy atom. The van der Waals surface area contributed by atoms with E-state index in [0.717, 1.165) is 18.0 Å². The van der Waals surface area contributed by atoms with E-state index < -0.39 is 0 Å². The first kappa shape index (κ1) is 12.5. The molecule has 0 atom stereocenters. The van der Waals surface area contributed by atoms with Gasteiger partial charge in [0.25, 0.3) is 0 Å². The average Bonchev–Trinajstić information content (AvgIpc) is 2.38. The van der Waals surface area contributed by atoms with Crippen molar-refractivity contribution in [1.82, 2.24) is 0 Å². The molecule has 0 aliphatic carbocycles. The fourth-order valence-electron chi connectivity index (χ4n) is 1.84. The minimum atomic E-state index is 0.613. The lowest BCUT2D eigenvalue weighted by molar-refractivity contribution is 0.306. The van der Waals surface area contributed by atoms with Crippen molar-refractivity contribution in [1.29, 1.82) is 0 Å². The number of hydrogen-bond acceptors (Lipinski definition) is 2. The van der Waals surface area contributed by atoms with Gasteiger partial charge in [0.2, 0.25) is 0 Å². The second-order valence-electron chi connectivity index (χ2n) is 4.33. The van der Waals surface area contributed by atoms with Gasteiger partial charge in [-0.1, -0.05) is 29.8 Å². The summed E-state index contributed by atoms with van der Waals surface area (Å²) in [5.74, 6) is 0.901. The molecular formula is C16H19NO. The number of rotatable bonds is 5. The predicted molar refractivity (Wildman–Crippen MR) is 76.1 cm³/mol. The molecule has 0 heterocycles. The highest BCUT2D eigenvalue weighted by molar-refractivity contribution is 5.46. The summed E-state index contributed by atoms with van der Waals surface area (Å²) in [6, 6.07) is 16.4. The van der Waals surface area contributed by atoms with Gasteiger partial charge >= 0.3 is 0 Å². The first-order chi connectivity index (χ1) is 8.78. The first-order valence-electron chi connectivity index (χ1n) is 6.30. The van der Waals surface area contributed by atoms with E-state index in [2.05, 4.69) is 43.4 Å². The maximum atomic E-state index is 5.75. The topological polar surface area (TPSA) is 21.3 Å². The van der Waals surface area contributed by atoms with Crippen molar-refractivity contribution in [3.63, 3.8) is 0 Å². The molecule has 0 saturated carbocycles. The van der Waals surface area contributed by atoms with E-state index in [1.54, 1.807) is 0 Å². The van der Waals surface area contributed by atoms with Crippen molar-refractivity contribution in [2.24, 2.45) is 0 Å². The first-order valence-corrected chi connectivity index (χ1v) is 6.30. The highest BCUT2D eigenvalue weighted by Crippen LogP contribution is 2.17. The van der Waals surface area contributed by atoms with Crippen molar-refractivity contribution in [2.45, 2.75) is 20.5 Å². The Morgan fingerprint density at radius 2 is 1.83 bits per heavy atom. The van der Waals surface area contributed by atoms with Crippen LogP contribution in [0.25, 0.3) is 0 Å². The van der Waals surface area contributed by atoms with E-state index in [4.69, 9.17) is 4.74 Å². The van der Waals surface area contributed by atoms with Crippen molar-refractivity contribution in [3.8, 4) is 5.75 Å². The quantitative estimate of drug-likeness (QED) is 0.854. The minimum absolute atomic E-state index is 0.613. The molecule has 0 fully saturated rings.